The molecule has 6 N–H and O–H groups in total. The highest BCUT2D eigenvalue weighted by Gasteiger charge is 2.20. The Balaban J connectivity index is 1.52. The quantitative estimate of drug-likeness (QED) is 0.152. The van der Waals surface area contributed by atoms with Gasteiger partial charge < -0.3 is 26.4 Å². The summed E-state index contributed by atoms with van der Waals surface area (Å²) in [6.07, 6.45) is 4.58. The third-order valence-corrected chi connectivity index (χ3v) is 6.16. The zero-order chi connectivity index (χ0) is 27.7. The lowest BCUT2D eigenvalue weighted by atomic mass is 10.1. The Hall–Kier alpha value is -4.55. The number of carbonyl (C=O) groups is 3. The lowest BCUT2D eigenvalue weighted by Gasteiger charge is -2.24. The number of aromatic amines is 1. The second-order valence-electron chi connectivity index (χ2n) is 8.88. The van der Waals surface area contributed by atoms with Gasteiger partial charge in [0.05, 0.1) is 18.4 Å². The molecule has 0 spiro atoms. The summed E-state index contributed by atoms with van der Waals surface area (Å²) >= 11 is 0. The van der Waals surface area contributed by atoms with E-state index in [1.165, 1.54) is 6.20 Å². The number of hydrogen-bond donors (Lipinski definition) is 5. The monoisotopic (exact) mass is 524 g/mol. The van der Waals surface area contributed by atoms with Crippen molar-refractivity contribution < 1.29 is 19.5 Å². The average Bonchev–Trinajstić information content (AvgIpc) is 2.91. The molecule has 0 radical (unpaired) electrons. The van der Waals surface area contributed by atoms with Gasteiger partial charge in [-0.25, -0.2) is 14.8 Å². The second-order valence-corrected chi connectivity index (χ2v) is 8.88. The molecule has 0 bridgehead atoms. The van der Waals surface area contributed by atoms with Crippen LogP contribution in [0.25, 0.3) is 11.2 Å². The van der Waals surface area contributed by atoms with Crippen LogP contribution in [-0.4, -0.2) is 66.9 Å². The van der Waals surface area contributed by atoms with Crippen molar-refractivity contribution in [3.63, 3.8) is 0 Å². The smallest absolute Gasteiger partial charge is 0.326 e. The van der Waals surface area contributed by atoms with E-state index in [4.69, 9.17) is 5.73 Å². The van der Waals surface area contributed by atoms with E-state index in [1.54, 1.807) is 29.2 Å². The third kappa shape index (κ3) is 7.48. The van der Waals surface area contributed by atoms with Crippen LogP contribution in [0.1, 0.15) is 55.6 Å². The molecular weight excluding hydrogens is 492 g/mol. The van der Waals surface area contributed by atoms with Gasteiger partial charge in [-0.05, 0) is 56.9 Å². The number of aliphatic carboxylic acids is 1. The summed E-state index contributed by atoms with van der Waals surface area (Å²) in [6, 6.07) is 5.60. The number of H-pyrrole nitrogens is 1. The van der Waals surface area contributed by atoms with E-state index < -0.39 is 23.5 Å². The fourth-order valence-electron chi connectivity index (χ4n) is 3.74. The maximum absolute atomic E-state index is 12.6. The van der Waals surface area contributed by atoms with E-state index in [0.717, 1.165) is 12.8 Å². The molecule has 2 atom stereocenters. The summed E-state index contributed by atoms with van der Waals surface area (Å²) in [5.41, 5.74) is 6.76. The molecule has 0 aliphatic heterocycles. The van der Waals surface area contributed by atoms with Crippen LogP contribution in [0.15, 0.2) is 35.3 Å². The maximum Gasteiger partial charge on any atom is 0.326 e. The zero-order valence-corrected chi connectivity index (χ0v) is 21.3. The van der Waals surface area contributed by atoms with Crippen molar-refractivity contribution in [2.24, 2.45) is 0 Å². The first-order valence-electron chi connectivity index (χ1n) is 12.3. The van der Waals surface area contributed by atoms with Gasteiger partial charge in [0.1, 0.15) is 6.04 Å². The number of nitrogen functional groups attached to an aromatic ring is 1. The van der Waals surface area contributed by atoms with E-state index >= 15 is 0 Å². The summed E-state index contributed by atoms with van der Waals surface area (Å²) in [5.74, 6) is -1.65. The number of unbranched alkanes of at least 4 members (excludes halogenated alkanes) is 1. The van der Waals surface area contributed by atoms with Crippen LogP contribution in [-0.2, 0) is 16.1 Å². The molecule has 38 heavy (non-hydrogen) atoms. The first kappa shape index (κ1) is 28.0. The molecule has 2 amide bonds. The first-order chi connectivity index (χ1) is 18.2. The number of aromatic nitrogens is 4. The molecule has 0 fully saturated rings. The van der Waals surface area contributed by atoms with E-state index in [9.17, 15) is 24.3 Å². The minimum Gasteiger partial charge on any atom is -0.480 e. The predicted octanol–water partition coefficient (Wildman–Crippen LogP) is 1.52. The summed E-state index contributed by atoms with van der Waals surface area (Å²) in [4.78, 5) is 63.9. The molecule has 1 aromatic carbocycles. The number of nitrogens with one attached hydrogen (secondary N) is 3. The molecular formula is C25H32N8O5. The lowest BCUT2D eigenvalue weighted by molar-refractivity contribution is -0.139. The van der Waals surface area contributed by atoms with E-state index in [1.807, 2.05) is 13.8 Å². The van der Waals surface area contributed by atoms with Gasteiger partial charge in [0.25, 0.3) is 11.5 Å². The molecule has 2 aromatic heterocycles. The van der Waals surface area contributed by atoms with Crippen molar-refractivity contribution in [1.29, 1.82) is 0 Å². The van der Waals surface area contributed by atoms with Crippen molar-refractivity contribution in [2.45, 2.75) is 58.2 Å². The minimum atomic E-state index is -1.11. The van der Waals surface area contributed by atoms with Crippen molar-refractivity contribution >= 4 is 41.1 Å². The number of benzene rings is 1. The molecule has 1 unspecified atom stereocenters. The summed E-state index contributed by atoms with van der Waals surface area (Å²) in [5, 5.41) is 15.2. The highest BCUT2D eigenvalue weighted by molar-refractivity contribution is 5.96. The molecule has 3 rings (SSSR count). The maximum atomic E-state index is 12.6. The fraction of sp³-hybridized carbons (Fsp3) is 0.400. The van der Waals surface area contributed by atoms with E-state index in [-0.39, 0.29) is 36.1 Å². The Morgan fingerprint density at radius 1 is 1.21 bits per heavy atom. The largest absolute Gasteiger partial charge is 0.480 e. The van der Waals surface area contributed by atoms with Crippen LogP contribution in [0.3, 0.4) is 0 Å². The fourth-order valence-corrected chi connectivity index (χ4v) is 3.74. The Morgan fingerprint density at radius 2 is 1.95 bits per heavy atom. The first-order valence-corrected chi connectivity index (χ1v) is 12.3. The van der Waals surface area contributed by atoms with Gasteiger partial charge in [0.2, 0.25) is 12.4 Å². The number of fused-ring (bicyclic) bond motifs is 1. The van der Waals surface area contributed by atoms with Gasteiger partial charge >= 0.3 is 5.97 Å². The van der Waals surface area contributed by atoms with Gasteiger partial charge in [-0.2, -0.15) is 4.98 Å². The Kier molecular flexibility index (Phi) is 9.68. The summed E-state index contributed by atoms with van der Waals surface area (Å²) in [6.45, 7) is 4.76. The average molecular weight is 525 g/mol. The number of amides is 2. The summed E-state index contributed by atoms with van der Waals surface area (Å²) < 4.78 is 0. The van der Waals surface area contributed by atoms with Crippen molar-refractivity contribution in [2.75, 3.05) is 17.6 Å². The number of carboxylic acid groups (broad SMARTS) is 1. The third-order valence-electron chi connectivity index (χ3n) is 6.16. The number of carboxylic acids is 1. The SMILES string of the molecule is CCC(C)N(C=O)CCCC[C@H](NC(=O)c1ccc(NCc2cnc3nc(N)[nH]c(=O)c3n2)cc1)C(=O)O. The van der Waals surface area contributed by atoms with Gasteiger partial charge in [-0.3, -0.25) is 19.4 Å². The minimum absolute atomic E-state index is 0.0375. The summed E-state index contributed by atoms with van der Waals surface area (Å²) in [7, 11) is 0. The van der Waals surface area contributed by atoms with Crippen LogP contribution in [0.5, 0.6) is 0 Å². The van der Waals surface area contributed by atoms with Crippen LogP contribution in [0, 0.1) is 0 Å². The van der Waals surface area contributed by atoms with Crippen LogP contribution in [0.2, 0.25) is 0 Å². The number of anilines is 2. The molecule has 13 nitrogen and oxygen atoms in total. The molecule has 13 heteroatoms. The highest BCUT2D eigenvalue weighted by Crippen LogP contribution is 2.13. The highest BCUT2D eigenvalue weighted by atomic mass is 16.4. The molecule has 0 aliphatic rings. The van der Waals surface area contributed by atoms with Gasteiger partial charge in [-0.1, -0.05) is 6.92 Å². The van der Waals surface area contributed by atoms with Crippen LogP contribution < -0.4 is 21.9 Å². The molecule has 0 saturated carbocycles. The number of nitrogens with zero attached hydrogens (tertiary/aromatic N) is 4. The molecule has 2 heterocycles. The van der Waals surface area contributed by atoms with E-state index in [0.29, 0.717) is 36.3 Å². The zero-order valence-electron chi connectivity index (χ0n) is 21.3. The second kappa shape index (κ2) is 13.1. The van der Waals surface area contributed by atoms with E-state index in [2.05, 4.69) is 30.6 Å². The molecule has 202 valence electrons. The number of carbonyl (C=O) groups excluding carboxylic acids is 2. The Morgan fingerprint density at radius 3 is 2.61 bits per heavy atom. The number of rotatable bonds is 14. The Bertz CT molecular complexity index is 1330. The standard InChI is InChI=1S/C25H32N8O5/c1-3-15(2)33(14-34)11-5-4-6-19(24(37)38)30-22(35)16-7-9-17(10-8-16)27-12-18-13-28-21-20(29-18)23(36)32-25(26)31-21/h7-10,13-15,19,27H,3-6,11-12H2,1-2H3,(H,30,35)(H,37,38)(H3,26,28,31,32,36)/t15?,19-/m0/s1. The van der Waals surface area contributed by atoms with Gasteiger partial charge in [0, 0.05) is 23.8 Å². The van der Waals surface area contributed by atoms with Crippen molar-refractivity contribution in [1.82, 2.24) is 30.2 Å². The van der Waals surface area contributed by atoms with Crippen LogP contribution in [0.4, 0.5) is 11.6 Å². The lowest BCUT2D eigenvalue weighted by Crippen LogP contribution is -2.41. The Labute approximate surface area is 218 Å². The molecule has 0 saturated heterocycles. The number of hydrogen-bond acceptors (Lipinski definition) is 9. The van der Waals surface area contributed by atoms with Crippen molar-refractivity contribution in [3.05, 3.63) is 52.1 Å². The normalized spacial score (nSPS) is 12.5. The predicted molar refractivity (Wildman–Crippen MR) is 141 cm³/mol. The topological polar surface area (TPSA) is 196 Å². The number of nitrogens with two attached hydrogens (primary N) is 1. The molecule has 3 aromatic rings. The van der Waals surface area contributed by atoms with Crippen LogP contribution >= 0.6 is 0 Å². The van der Waals surface area contributed by atoms with Crippen molar-refractivity contribution in [3.8, 4) is 0 Å². The molecule has 0 aliphatic carbocycles. The van der Waals surface area contributed by atoms with Gasteiger partial charge in [-0.15, -0.1) is 0 Å². The van der Waals surface area contributed by atoms with Gasteiger partial charge in [0.15, 0.2) is 11.2 Å².